The molecule has 1 aromatic rings. The van der Waals surface area contributed by atoms with Crippen LogP contribution in [0.15, 0.2) is 22.7 Å². The number of alkyl halides is 1. The van der Waals surface area contributed by atoms with E-state index in [2.05, 4.69) is 22.9 Å². The minimum atomic E-state index is 0.0518. The van der Waals surface area contributed by atoms with Gasteiger partial charge in [0.1, 0.15) is 0 Å². The summed E-state index contributed by atoms with van der Waals surface area (Å²) < 4.78 is 0.851. The predicted octanol–water partition coefficient (Wildman–Crippen LogP) is 4.24. The van der Waals surface area contributed by atoms with Crippen LogP contribution in [-0.4, -0.2) is 29.8 Å². The molecule has 0 heterocycles. The molecule has 1 rings (SSSR count). The van der Waals surface area contributed by atoms with Gasteiger partial charge in [-0.05, 0) is 47.0 Å². The van der Waals surface area contributed by atoms with Gasteiger partial charge in [-0.25, -0.2) is 0 Å². The van der Waals surface area contributed by atoms with Gasteiger partial charge in [0.25, 0.3) is 5.91 Å². The Morgan fingerprint density at radius 2 is 2.11 bits per heavy atom. The summed E-state index contributed by atoms with van der Waals surface area (Å²) in [5, 5.41) is 0. The van der Waals surface area contributed by atoms with Crippen LogP contribution in [0.1, 0.15) is 35.7 Å². The number of rotatable bonds is 6. The van der Waals surface area contributed by atoms with Crippen molar-refractivity contribution in [2.24, 2.45) is 0 Å². The molecule has 0 atom stereocenters. The van der Waals surface area contributed by atoms with Crippen LogP contribution in [0.3, 0.4) is 0 Å². The Kier molecular flexibility index (Phi) is 6.72. The monoisotopic (exact) mass is 331 g/mol. The first-order valence-electron chi connectivity index (χ1n) is 6.21. The number of aryl methyl sites for hydroxylation is 1. The SMILES string of the molecule is CCCCN(CCCl)C(=O)c1ccc(C)cc1Br. The molecule has 0 bridgehead atoms. The summed E-state index contributed by atoms with van der Waals surface area (Å²) in [6.07, 6.45) is 2.08. The number of unbranched alkanes of at least 4 members (excludes halogenated alkanes) is 1. The highest BCUT2D eigenvalue weighted by Crippen LogP contribution is 2.20. The first kappa shape index (κ1) is 15.5. The first-order valence-corrected chi connectivity index (χ1v) is 7.54. The lowest BCUT2D eigenvalue weighted by Gasteiger charge is -2.22. The molecule has 0 unspecified atom stereocenters. The lowest BCUT2D eigenvalue weighted by molar-refractivity contribution is 0.0762. The minimum Gasteiger partial charge on any atom is -0.337 e. The fraction of sp³-hybridized carbons (Fsp3) is 0.500. The maximum Gasteiger partial charge on any atom is 0.255 e. The lowest BCUT2D eigenvalue weighted by atomic mass is 10.1. The molecule has 0 aliphatic carbocycles. The fourth-order valence-corrected chi connectivity index (χ4v) is 2.60. The average Bonchev–Trinajstić information content (AvgIpc) is 2.33. The van der Waals surface area contributed by atoms with Crippen molar-refractivity contribution < 1.29 is 4.79 Å². The van der Waals surface area contributed by atoms with Crippen LogP contribution in [0.2, 0.25) is 0 Å². The lowest BCUT2D eigenvalue weighted by Crippen LogP contribution is -2.33. The third-order valence-corrected chi connectivity index (χ3v) is 3.60. The second-order valence-corrected chi connectivity index (χ2v) is 5.55. The molecule has 0 aliphatic heterocycles. The zero-order valence-electron chi connectivity index (χ0n) is 10.9. The number of benzene rings is 1. The Labute approximate surface area is 122 Å². The van der Waals surface area contributed by atoms with Crippen molar-refractivity contribution in [3.05, 3.63) is 33.8 Å². The van der Waals surface area contributed by atoms with Gasteiger partial charge in [-0.2, -0.15) is 0 Å². The molecule has 18 heavy (non-hydrogen) atoms. The van der Waals surface area contributed by atoms with Crippen LogP contribution in [0.5, 0.6) is 0 Å². The second kappa shape index (κ2) is 7.80. The van der Waals surface area contributed by atoms with E-state index in [1.54, 1.807) is 0 Å². The largest absolute Gasteiger partial charge is 0.337 e. The molecular weight excluding hydrogens is 314 g/mol. The fourth-order valence-electron chi connectivity index (χ4n) is 1.73. The number of hydrogen-bond donors (Lipinski definition) is 0. The number of amides is 1. The van der Waals surface area contributed by atoms with E-state index in [-0.39, 0.29) is 5.91 Å². The van der Waals surface area contributed by atoms with Crippen molar-refractivity contribution in [3.8, 4) is 0 Å². The van der Waals surface area contributed by atoms with Crippen LogP contribution in [0.25, 0.3) is 0 Å². The molecular formula is C14H19BrClNO. The van der Waals surface area contributed by atoms with Gasteiger partial charge in [-0.1, -0.05) is 19.4 Å². The van der Waals surface area contributed by atoms with E-state index >= 15 is 0 Å². The zero-order chi connectivity index (χ0) is 13.5. The molecule has 1 aromatic carbocycles. The molecule has 4 heteroatoms. The highest BCUT2D eigenvalue weighted by molar-refractivity contribution is 9.10. The van der Waals surface area contributed by atoms with E-state index in [0.717, 1.165) is 29.4 Å². The van der Waals surface area contributed by atoms with Crippen molar-refractivity contribution in [2.75, 3.05) is 19.0 Å². The minimum absolute atomic E-state index is 0.0518. The Morgan fingerprint density at radius 3 is 2.67 bits per heavy atom. The molecule has 0 fully saturated rings. The molecule has 0 saturated heterocycles. The molecule has 100 valence electrons. The Hall–Kier alpha value is -0.540. The number of hydrogen-bond acceptors (Lipinski definition) is 1. The average molecular weight is 333 g/mol. The second-order valence-electron chi connectivity index (χ2n) is 4.32. The zero-order valence-corrected chi connectivity index (χ0v) is 13.2. The third-order valence-electron chi connectivity index (χ3n) is 2.78. The molecule has 0 radical (unpaired) electrons. The van der Waals surface area contributed by atoms with Gasteiger partial charge in [0.05, 0.1) is 5.56 Å². The van der Waals surface area contributed by atoms with Crippen LogP contribution < -0.4 is 0 Å². The van der Waals surface area contributed by atoms with E-state index in [1.165, 1.54) is 0 Å². The predicted molar refractivity (Wildman–Crippen MR) is 80.4 cm³/mol. The maximum atomic E-state index is 12.4. The van der Waals surface area contributed by atoms with E-state index < -0.39 is 0 Å². The van der Waals surface area contributed by atoms with Crippen molar-refractivity contribution >= 4 is 33.4 Å². The van der Waals surface area contributed by atoms with E-state index in [4.69, 9.17) is 11.6 Å². The summed E-state index contributed by atoms with van der Waals surface area (Å²) in [5.41, 5.74) is 1.85. The highest BCUT2D eigenvalue weighted by atomic mass is 79.9. The van der Waals surface area contributed by atoms with Gasteiger partial charge < -0.3 is 4.90 Å². The van der Waals surface area contributed by atoms with Crippen molar-refractivity contribution in [2.45, 2.75) is 26.7 Å². The summed E-state index contributed by atoms with van der Waals surface area (Å²) >= 11 is 9.22. The van der Waals surface area contributed by atoms with Gasteiger partial charge in [-0.15, -0.1) is 11.6 Å². The number of carbonyl (C=O) groups is 1. The Morgan fingerprint density at radius 1 is 1.39 bits per heavy atom. The van der Waals surface area contributed by atoms with Gasteiger partial charge in [0.15, 0.2) is 0 Å². The van der Waals surface area contributed by atoms with Gasteiger partial charge in [0.2, 0.25) is 0 Å². The number of halogens is 2. The number of carbonyl (C=O) groups excluding carboxylic acids is 1. The van der Waals surface area contributed by atoms with Crippen LogP contribution in [-0.2, 0) is 0 Å². The first-order chi connectivity index (χ1) is 8.60. The number of nitrogens with zero attached hydrogens (tertiary/aromatic N) is 1. The molecule has 0 N–H and O–H groups in total. The normalized spacial score (nSPS) is 10.4. The van der Waals surface area contributed by atoms with Crippen molar-refractivity contribution in [3.63, 3.8) is 0 Å². The maximum absolute atomic E-state index is 12.4. The topological polar surface area (TPSA) is 20.3 Å². The van der Waals surface area contributed by atoms with Gasteiger partial charge in [0, 0.05) is 23.4 Å². The third kappa shape index (κ3) is 4.29. The van der Waals surface area contributed by atoms with Crippen molar-refractivity contribution in [1.29, 1.82) is 0 Å². The van der Waals surface area contributed by atoms with E-state index in [9.17, 15) is 4.79 Å². The quantitative estimate of drug-likeness (QED) is 0.714. The Balaban J connectivity index is 2.87. The Bertz CT molecular complexity index is 409. The molecule has 2 nitrogen and oxygen atoms in total. The molecule has 0 saturated carbocycles. The molecule has 0 aliphatic rings. The summed E-state index contributed by atoms with van der Waals surface area (Å²) in [6, 6.07) is 5.79. The van der Waals surface area contributed by atoms with E-state index in [1.807, 2.05) is 30.0 Å². The van der Waals surface area contributed by atoms with Gasteiger partial charge in [-0.3, -0.25) is 4.79 Å². The van der Waals surface area contributed by atoms with Crippen LogP contribution in [0, 0.1) is 6.92 Å². The van der Waals surface area contributed by atoms with Crippen LogP contribution >= 0.6 is 27.5 Å². The highest BCUT2D eigenvalue weighted by Gasteiger charge is 2.17. The summed E-state index contributed by atoms with van der Waals surface area (Å²) in [7, 11) is 0. The van der Waals surface area contributed by atoms with Crippen molar-refractivity contribution in [1.82, 2.24) is 4.90 Å². The standard InChI is InChI=1S/C14H19BrClNO/c1-3-4-8-17(9-7-16)14(18)12-6-5-11(2)10-13(12)15/h5-6,10H,3-4,7-9H2,1-2H3. The van der Waals surface area contributed by atoms with Gasteiger partial charge >= 0.3 is 0 Å². The van der Waals surface area contributed by atoms with Crippen LogP contribution in [0.4, 0.5) is 0 Å². The summed E-state index contributed by atoms with van der Waals surface area (Å²) in [4.78, 5) is 14.2. The molecule has 0 spiro atoms. The molecule has 0 aromatic heterocycles. The summed E-state index contributed by atoms with van der Waals surface area (Å²) in [6.45, 7) is 5.49. The molecule has 1 amide bonds. The van der Waals surface area contributed by atoms with E-state index in [0.29, 0.717) is 18.0 Å². The smallest absolute Gasteiger partial charge is 0.255 e. The summed E-state index contributed by atoms with van der Waals surface area (Å²) in [5.74, 6) is 0.523.